The van der Waals surface area contributed by atoms with E-state index in [1.807, 2.05) is 19.1 Å². The number of aryl methyl sites for hydroxylation is 1. The molecule has 1 unspecified atom stereocenters. The lowest BCUT2D eigenvalue weighted by atomic mass is 10.1. The number of nitrogens with zero attached hydrogens (tertiary/aromatic N) is 4. The average molecular weight is 449 g/mol. The molecule has 0 aliphatic carbocycles. The van der Waals surface area contributed by atoms with Crippen molar-refractivity contribution in [2.24, 2.45) is 5.92 Å². The van der Waals surface area contributed by atoms with Crippen LogP contribution >= 0.6 is 0 Å². The second-order valence-electron chi connectivity index (χ2n) is 7.73. The van der Waals surface area contributed by atoms with Crippen LogP contribution in [0.4, 0.5) is 27.5 Å². The van der Waals surface area contributed by atoms with Gasteiger partial charge in [0.05, 0.1) is 5.92 Å². The van der Waals surface area contributed by atoms with E-state index in [2.05, 4.69) is 30.9 Å². The molecule has 1 fully saturated rings. The van der Waals surface area contributed by atoms with E-state index in [0.717, 1.165) is 5.56 Å². The highest BCUT2D eigenvalue weighted by Gasteiger charge is 2.34. The maximum absolute atomic E-state index is 13.1. The molecule has 4 rings (SSSR count). The summed E-state index contributed by atoms with van der Waals surface area (Å²) in [5, 5.41) is 9.11. The van der Waals surface area contributed by atoms with Crippen molar-refractivity contribution >= 4 is 35.0 Å². The smallest absolute Gasteiger partial charge is 0.227 e. The third kappa shape index (κ3) is 5.79. The molecular weight excluding hydrogens is 425 g/mol. The molecule has 10 heteroatoms. The standard InChI is InChI=1S/C23H24FN7O2/c1-15-6-7-25-20(10-15)30-21-12-19(28-14-29-21)26-8-9-27-23(33)16-11-22(32)31(13-16)18-4-2-17(24)3-5-18/h2-7,10,12,14,16H,8-9,11,13H2,1H3,(H,27,33)(H2,25,26,28,29,30). The van der Waals surface area contributed by atoms with Crippen molar-refractivity contribution in [2.45, 2.75) is 13.3 Å². The Kier molecular flexibility index (Phi) is 6.72. The van der Waals surface area contributed by atoms with Crippen molar-refractivity contribution < 1.29 is 14.0 Å². The lowest BCUT2D eigenvalue weighted by Crippen LogP contribution is -2.35. The van der Waals surface area contributed by atoms with Crippen molar-refractivity contribution in [1.29, 1.82) is 0 Å². The second-order valence-corrected chi connectivity index (χ2v) is 7.73. The first-order valence-corrected chi connectivity index (χ1v) is 10.6. The van der Waals surface area contributed by atoms with Gasteiger partial charge in [0.2, 0.25) is 11.8 Å². The van der Waals surface area contributed by atoms with E-state index in [4.69, 9.17) is 0 Å². The fourth-order valence-corrected chi connectivity index (χ4v) is 3.53. The van der Waals surface area contributed by atoms with Gasteiger partial charge in [0.1, 0.15) is 29.6 Å². The Hall–Kier alpha value is -4.08. The van der Waals surface area contributed by atoms with Crippen LogP contribution in [-0.2, 0) is 9.59 Å². The molecule has 0 spiro atoms. The molecule has 9 nitrogen and oxygen atoms in total. The molecule has 0 radical (unpaired) electrons. The molecule has 3 aromatic rings. The van der Waals surface area contributed by atoms with E-state index in [-0.39, 0.29) is 30.6 Å². The predicted molar refractivity (Wildman–Crippen MR) is 123 cm³/mol. The molecule has 1 atom stereocenters. The summed E-state index contributed by atoms with van der Waals surface area (Å²) in [6, 6.07) is 11.3. The number of benzene rings is 1. The van der Waals surface area contributed by atoms with Crippen LogP contribution in [0.2, 0.25) is 0 Å². The van der Waals surface area contributed by atoms with Gasteiger partial charge < -0.3 is 20.9 Å². The molecular formula is C23H24FN7O2. The molecule has 1 aliphatic rings. The summed E-state index contributed by atoms with van der Waals surface area (Å²) in [4.78, 5) is 38.9. The summed E-state index contributed by atoms with van der Waals surface area (Å²) in [7, 11) is 0. The molecule has 0 saturated carbocycles. The summed E-state index contributed by atoms with van der Waals surface area (Å²) in [5.74, 6) is 0.736. The molecule has 1 saturated heterocycles. The summed E-state index contributed by atoms with van der Waals surface area (Å²) >= 11 is 0. The van der Waals surface area contributed by atoms with Gasteiger partial charge >= 0.3 is 0 Å². The van der Waals surface area contributed by atoms with Gasteiger partial charge in [-0.1, -0.05) is 0 Å². The largest absolute Gasteiger partial charge is 0.368 e. The van der Waals surface area contributed by atoms with E-state index in [1.165, 1.54) is 35.5 Å². The molecule has 1 aliphatic heterocycles. The number of anilines is 4. The molecule has 33 heavy (non-hydrogen) atoms. The lowest BCUT2D eigenvalue weighted by Gasteiger charge is -2.16. The van der Waals surface area contributed by atoms with E-state index in [1.54, 1.807) is 12.3 Å². The number of carbonyl (C=O) groups is 2. The molecule has 3 heterocycles. The maximum Gasteiger partial charge on any atom is 0.227 e. The average Bonchev–Trinajstić information content (AvgIpc) is 3.19. The zero-order valence-corrected chi connectivity index (χ0v) is 18.1. The number of rotatable bonds is 8. The van der Waals surface area contributed by atoms with Crippen LogP contribution in [0, 0.1) is 18.7 Å². The second kappa shape index (κ2) is 10.0. The van der Waals surface area contributed by atoms with Crippen LogP contribution in [0.1, 0.15) is 12.0 Å². The van der Waals surface area contributed by atoms with Crippen molar-refractivity contribution in [1.82, 2.24) is 20.3 Å². The molecule has 2 aromatic heterocycles. The molecule has 2 amide bonds. The zero-order valence-electron chi connectivity index (χ0n) is 18.1. The number of aromatic nitrogens is 3. The van der Waals surface area contributed by atoms with Gasteiger partial charge in [0.25, 0.3) is 0 Å². The van der Waals surface area contributed by atoms with Crippen molar-refractivity contribution in [3.8, 4) is 0 Å². The Labute approximate surface area is 190 Å². The van der Waals surface area contributed by atoms with Crippen molar-refractivity contribution in [3.63, 3.8) is 0 Å². The Morgan fingerprint density at radius 2 is 1.82 bits per heavy atom. The van der Waals surface area contributed by atoms with Gasteiger partial charge in [0.15, 0.2) is 0 Å². The van der Waals surface area contributed by atoms with Crippen LogP contribution in [0.15, 0.2) is 55.0 Å². The normalized spacial score (nSPS) is 15.4. The third-order valence-electron chi connectivity index (χ3n) is 5.20. The Balaban J connectivity index is 1.23. The van der Waals surface area contributed by atoms with Gasteiger partial charge in [-0.25, -0.2) is 19.3 Å². The summed E-state index contributed by atoms with van der Waals surface area (Å²) < 4.78 is 13.1. The molecule has 1 aromatic carbocycles. The minimum atomic E-state index is -0.445. The number of amides is 2. The van der Waals surface area contributed by atoms with Gasteiger partial charge in [-0.3, -0.25) is 9.59 Å². The Bertz CT molecular complexity index is 1140. The maximum atomic E-state index is 13.1. The first kappa shape index (κ1) is 22.1. The number of nitrogens with one attached hydrogen (secondary N) is 3. The fourth-order valence-electron chi connectivity index (χ4n) is 3.53. The Morgan fingerprint density at radius 1 is 1.06 bits per heavy atom. The van der Waals surface area contributed by atoms with Crippen molar-refractivity contribution in [3.05, 3.63) is 66.4 Å². The first-order chi connectivity index (χ1) is 16.0. The predicted octanol–water partition coefficient (Wildman–Crippen LogP) is 2.64. The van der Waals surface area contributed by atoms with Crippen LogP contribution in [0.5, 0.6) is 0 Å². The van der Waals surface area contributed by atoms with Crippen LogP contribution in [0.3, 0.4) is 0 Å². The van der Waals surface area contributed by atoms with E-state index in [9.17, 15) is 14.0 Å². The van der Waals surface area contributed by atoms with Crippen LogP contribution in [-0.4, -0.2) is 46.4 Å². The first-order valence-electron chi connectivity index (χ1n) is 10.6. The van der Waals surface area contributed by atoms with E-state index >= 15 is 0 Å². The van der Waals surface area contributed by atoms with Gasteiger partial charge in [-0.05, 0) is 48.9 Å². The van der Waals surface area contributed by atoms with Gasteiger partial charge in [-0.2, -0.15) is 0 Å². The molecule has 3 N–H and O–H groups in total. The monoisotopic (exact) mass is 449 g/mol. The number of pyridine rings is 1. The van der Waals surface area contributed by atoms with Crippen LogP contribution < -0.4 is 20.9 Å². The SMILES string of the molecule is Cc1ccnc(Nc2cc(NCCNC(=O)C3CC(=O)N(c4ccc(F)cc4)C3)ncn2)c1. The van der Waals surface area contributed by atoms with E-state index in [0.29, 0.717) is 36.2 Å². The number of carbonyl (C=O) groups excluding carboxylic acids is 2. The minimum Gasteiger partial charge on any atom is -0.368 e. The number of halogens is 1. The third-order valence-corrected chi connectivity index (χ3v) is 5.20. The van der Waals surface area contributed by atoms with Crippen LogP contribution in [0.25, 0.3) is 0 Å². The molecule has 170 valence electrons. The quantitative estimate of drug-likeness (QED) is 0.453. The lowest BCUT2D eigenvalue weighted by molar-refractivity contribution is -0.126. The summed E-state index contributed by atoms with van der Waals surface area (Å²) in [5.41, 5.74) is 1.67. The highest BCUT2D eigenvalue weighted by molar-refractivity contribution is 6.00. The van der Waals surface area contributed by atoms with Crippen molar-refractivity contribution in [2.75, 3.05) is 35.2 Å². The van der Waals surface area contributed by atoms with Gasteiger partial charge in [0, 0.05) is 44.0 Å². The number of hydrogen-bond donors (Lipinski definition) is 3. The Morgan fingerprint density at radius 3 is 2.61 bits per heavy atom. The number of hydrogen-bond acceptors (Lipinski definition) is 7. The highest BCUT2D eigenvalue weighted by atomic mass is 19.1. The minimum absolute atomic E-state index is 0.130. The summed E-state index contributed by atoms with van der Waals surface area (Å²) in [6.07, 6.45) is 3.29. The topological polar surface area (TPSA) is 112 Å². The fraction of sp³-hybridized carbons (Fsp3) is 0.261. The molecule has 0 bridgehead atoms. The van der Waals surface area contributed by atoms with Gasteiger partial charge in [-0.15, -0.1) is 0 Å². The zero-order chi connectivity index (χ0) is 23.2. The summed E-state index contributed by atoms with van der Waals surface area (Å²) in [6.45, 7) is 3.08. The van der Waals surface area contributed by atoms with E-state index < -0.39 is 5.92 Å². The highest BCUT2D eigenvalue weighted by Crippen LogP contribution is 2.25.